The molecule has 2 rings (SSSR count). The zero-order valence-corrected chi connectivity index (χ0v) is 10.8. The highest BCUT2D eigenvalue weighted by Crippen LogP contribution is 2.03. The molecule has 18 heavy (non-hydrogen) atoms. The van der Waals surface area contributed by atoms with Crippen LogP contribution >= 0.6 is 0 Å². The summed E-state index contributed by atoms with van der Waals surface area (Å²) in [4.78, 5) is 4.17. The van der Waals surface area contributed by atoms with E-state index in [9.17, 15) is 0 Å². The van der Waals surface area contributed by atoms with E-state index in [0.717, 1.165) is 25.3 Å². The van der Waals surface area contributed by atoms with Crippen LogP contribution in [0.5, 0.6) is 0 Å². The molecule has 2 aromatic rings. The van der Waals surface area contributed by atoms with Gasteiger partial charge in [-0.3, -0.25) is 4.68 Å². The normalized spacial score (nSPS) is 10.7. The Kier molecular flexibility index (Phi) is 4.90. The van der Waals surface area contributed by atoms with Crippen molar-refractivity contribution in [3.05, 3.63) is 48.0 Å². The fourth-order valence-corrected chi connectivity index (χ4v) is 1.89. The lowest BCUT2D eigenvalue weighted by molar-refractivity contribution is 0.603. The highest BCUT2D eigenvalue weighted by atomic mass is 15.3. The lowest BCUT2D eigenvalue weighted by Crippen LogP contribution is -2.16. The van der Waals surface area contributed by atoms with Gasteiger partial charge in [0.2, 0.25) is 0 Å². The predicted molar refractivity (Wildman–Crippen MR) is 72.1 cm³/mol. The monoisotopic (exact) mass is 244 g/mol. The number of hydrogen-bond donors (Lipinski definition) is 1. The number of hydrogen-bond acceptors (Lipinski definition) is 3. The second-order valence-electron chi connectivity index (χ2n) is 4.45. The van der Waals surface area contributed by atoms with Gasteiger partial charge in [-0.1, -0.05) is 30.3 Å². The quantitative estimate of drug-likeness (QED) is 0.757. The van der Waals surface area contributed by atoms with Crippen LogP contribution in [0.1, 0.15) is 24.2 Å². The Morgan fingerprint density at radius 1 is 1.17 bits per heavy atom. The van der Waals surface area contributed by atoms with Crippen LogP contribution in [0.15, 0.2) is 36.7 Å². The molecule has 0 saturated carbocycles. The summed E-state index contributed by atoms with van der Waals surface area (Å²) < 4.78 is 1.73. The Morgan fingerprint density at radius 2 is 2.00 bits per heavy atom. The first-order valence-corrected chi connectivity index (χ1v) is 6.44. The molecule has 1 aromatic carbocycles. The molecule has 0 saturated heterocycles. The van der Waals surface area contributed by atoms with Gasteiger partial charge in [-0.15, -0.1) is 0 Å². The molecule has 0 amide bonds. The molecule has 0 aliphatic carbocycles. The largest absolute Gasteiger partial charge is 0.310 e. The molecule has 96 valence electrons. The van der Waals surface area contributed by atoms with E-state index in [2.05, 4.69) is 45.7 Å². The number of aryl methyl sites for hydroxylation is 2. The van der Waals surface area contributed by atoms with Crippen LogP contribution in [0.2, 0.25) is 0 Å². The number of unbranched alkanes of at least 4 members (excludes halogenated alkanes) is 1. The van der Waals surface area contributed by atoms with Gasteiger partial charge in [0.15, 0.2) is 5.82 Å². The standard InChI is InChI=1S/C14H20N4/c1-18-12-16-14(17-18)11-15-10-6-5-9-13-7-3-2-4-8-13/h2-4,7-8,12,15H,5-6,9-11H2,1H3. The van der Waals surface area contributed by atoms with Crippen molar-refractivity contribution < 1.29 is 0 Å². The molecule has 0 unspecified atom stereocenters. The summed E-state index contributed by atoms with van der Waals surface area (Å²) in [5.74, 6) is 0.862. The molecule has 1 N–H and O–H groups in total. The topological polar surface area (TPSA) is 42.7 Å². The average molecular weight is 244 g/mol. The van der Waals surface area contributed by atoms with E-state index in [-0.39, 0.29) is 0 Å². The van der Waals surface area contributed by atoms with E-state index in [1.165, 1.54) is 18.4 Å². The maximum atomic E-state index is 4.22. The number of aromatic nitrogens is 3. The van der Waals surface area contributed by atoms with Crippen LogP contribution in [0.4, 0.5) is 0 Å². The lowest BCUT2D eigenvalue weighted by atomic mass is 10.1. The van der Waals surface area contributed by atoms with Gasteiger partial charge in [-0.25, -0.2) is 4.98 Å². The molecule has 4 nitrogen and oxygen atoms in total. The van der Waals surface area contributed by atoms with Crippen molar-refractivity contribution in [1.82, 2.24) is 20.1 Å². The van der Waals surface area contributed by atoms with Crippen LogP contribution in [0.25, 0.3) is 0 Å². The van der Waals surface area contributed by atoms with Crippen molar-refractivity contribution in [2.24, 2.45) is 7.05 Å². The van der Waals surface area contributed by atoms with Crippen molar-refractivity contribution in [2.75, 3.05) is 6.54 Å². The molecule has 0 radical (unpaired) electrons. The zero-order chi connectivity index (χ0) is 12.6. The zero-order valence-electron chi connectivity index (χ0n) is 10.8. The summed E-state index contributed by atoms with van der Waals surface area (Å²) in [6, 6.07) is 10.6. The first kappa shape index (κ1) is 12.8. The minimum atomic E-state index is 0.756. The Labute approximate surface area is 108 Å². The molecule has 0 fully saturated rings. The van der Waals surface area contributed by atoms with Gasteiger partial charge in [0.25, 0.3) is 0 Å². The summed E-state index contributed by atoms with van der Waals surface area (Å²) in [5, 5.41) is 7.58. The first-order valence-electron chi connectivity index (χ1n) is 6.44. The predicted octanol–water partition coefficient (Wildman–Crippen LogP) is 1.93. The Balaban J connectivity index is 1.54. The third-order valence-corrected chi connectivity index (χ3v) is 2.84. The summed E-state index contributed by atoms with van der Waals surface area (Å²) >= 11 is 0. The maximum Gasteiger partial charge on any atom is 0.164 e. The molecule has 1 aromatic heterocycles. The lowest BCUT2D eigenvalue weighted by Gasteiger charge is -2.03. The minimum absolute atomic E-state index is 0.756. The molecular weight excluding hydrogens is 224 g/mol. The van der Waals surface area contributed by atoms with Crippen LogP contribution in [0.3, 0.4) is 0 Å². The van der Waals surface area contributed by atoms with Gasteiger partial charge < -0.3 is 5.32 Å². The maximum absolute atomic E-state index is 4.22. The van der Waals surface area contributed by atoms with Crippen LogP contribution in [-0.4, -0.2) is 21.3 Å². The molecular formula is C14H20N4. The second kappa shape index (κ2) is 6.91. The fourth-order valence-electron chi connectivity index (χ4n) is 1.89. The Bertz CT molecular complexity index is 450. The summed E-state index contributed by atoms with van der Waals surface area (Å²) in [6.07, 6.45) is 5.28. The van der Waals surface area contributed by atoms with E-state index in [4.69, 9.17) is 0 Å². The SMILES string of the molecule is Cn1cnc(CNCCCCc2ccccc2)n1. The highest BCUT2D eigenvalue weighted by Gasteiger charge is 1.97. The molecule has 0 spiro atoms. The summed E-state index contributed by atoms with van der Waals surface area (Å²) in [5.41, 5.74) is 1.42. The first-order chi connectivity index (χ1) is 8.84. The number of nitrogens with one attached hydrogen (secondary N) is 1. The van der Waals surface area contributed by atoms with Crippen molar-refractivity contribution in [3.8, 4) is 0 Å². The number of nitrogens with zero attached hydrogens (tertiary/aromatic N) is 3. The van der Waals surface area contributed by atoms with Crippen molar-refractivity contribution >= 4 is 0 Å². The smallest absolute Gasteiger partial charge is 0.164 e. The van der Waals surface area contributed by atoms with E-state index < -0.39 is 0 Å². The van der Waals surface area contributed by atoms with Crippen LogP contribution < -0.4 is 5.32 Å². The van der Waals surface area contributed by atoms with Crippen LogP contribution in [0, 0.1) is 0 Å². The van der Waals surface area contributed by atoms with Crippen molar-refractivity contribution in [1.29, 1.82) is 0 Å². The van der Waals surface area contributed by atoms with Gasteiger partial charge in [-0.2, -0.15) is 5.10 Å². The molecule has 4 heteroatoms. The van der Waals surface area contributed by atoms with Gasteiger partial charge >= 0.3 is 0 Å². The minimum Gasteiger partial charge on any atom is -0.310 e. The van der Waals surface area contributed by atoms with E-state index in [0.29, 0.717) is 0 Å². The molecule has 0 aliphatic rings. The molecule has 1 heterocycles. The van der Waals surface area contributed by atoms with Crippen molar-refractivity contribution in [3.63, 3.8) is 0 Å². The summed E-state index contributed by atoms with van der Waals surface area (Å²) in [6.45, 7) is 1.78. The second-order valence-corrected chi connectivity index (χ2v) is 4.45. The molecule has 0 aliphatic heterocycles. The van der Waals surface area contributed by atoms with E-state index >= 15 is 0 Å². The van der Waals surface area contributed by atoms with E-state index in [1.54, 1.807) is 11.0 Å². The van der Waals surface area contributed by atoms with Crippen LogP contribution in [-0.2, 0) is 20.0 Å². The molecule has 0 bridgehead atoms. The Morgan fingerprint density at radius 3 is 2.72 bits per heavy atom. The number of benzene rings is 1. The van der Waals surface area contributed by atoms with Gasteiger partial charge in [0, 0.05) is 7.05 Å². The van der Waals surface area contributed by atoms with E-state index in [1.807, 2.05) is 7.05 Å². The Hall–Kier alpha value is -1.68. The fraction of sp³-hybridized carbons (Fsp3) is 0.429. The third-order valence-electron chi connectivity index (χ3n) is 2.84. The number of rotatable bonds is 7. The summed E-state index contributed by atoms with van der Waals surface area (Å²) in [7, 11) is 1.89. The average Bonchev–Trinajstić information content (AvgIpc) is 2.81. The molecule has 0 atom stereocenters. The van der Waals surface area contributed by atoms with Gasteiger partial charge in [0.1, 0.15) is 6.33 Å². The van der Waals surface area contributed by atoms with Crippen molar-refractivity contribution in [2.45, 2.75) is 25.8 Å². The highest BCUT2D eigenvalue weighted by molar-refractivity contribution is 5.14. The third kappa shape index (κ3) is 4.30. The van der Waals surface area contributed by atoms with Gasteiger partial charge in [0.05, 0.1) is 6.54 Å². The van der Waals surface area contributed by atoms with Gasteiger partial charge in [-0.05, 0) is 31.4 Å².